The van der Waals surface area contributed by atoms with Crippen LogP contribution in [-0.2, 0) is 11.3 Å². The Morgan fingerprint density at radius 3 is 2.92 bits per heavy atom. The fourth-order valence-electron chi connectivity index (χ4n) is 2.83. The minimum absolute atomic E-state index is 0.00678. The Hall–Kier alpha value is -2.41. The van der Waals surface area contributed by atoms with Gasteiger partial charge in [-0.2, -0.15) is 5.10 Å². The second-order valence-corrected chi connectivity index (χ2v) is 6.09. The van der Waals surface area contributed by atoms with Gasteiger partial charge in [0, 0.05) is 31.9 Å². The van der Waals surface area contributed by atoms with Crippen molar-refractivity contribution in [2.75, 3.05) is 13.1 Å². The predicted molar refractivity (Wildman–Crippen MR) is 87.4 cm³/mol. The summed E-state index contributed by atoms with van der Waals surface area (Å²) in [6.07, 6.45) is 7.02. The number of aliphatic hydroxyl groups is 1. The number of carbonyl (C=O) groups excluding carboxylic acids is 1. The molecule has 7 nitrogen and oxygen atoms in total. The largest absolute Gasteiger partial charge is 0.486 e. The van der Waals surface area contributed by atoms with E-state index in [-0.39, 0.29) is 18.6 Å². The number of pyridine rings is 1. The standard InChI is InChI=1S/C17H22N4O3/c1-13-9-19-21(11-13)12-17(23)20-7-4-15(22)16(5-8-20)24-14-3-2-6-18-10-14/h2-3,6,9-11,15-16,22H,4-5,7-8,12H2,1H3/t15-,16-/m0/s1. The third-order valence-corrected chi connectivity index (χ3v) is 4.14. The van der Waals surface area contributed by atoms with E-state index in [0.717, 1.165) is 5.56 Å². The molecule has 0 bridgehead atoms. The van der Waals surface area contributed by atoms with Crippen molar-refractivity contribution in [3.05, 3.63) is 42.5 Å². The summed E-state index contributed by atoms with van der Waals surface area (Å²) in [5, 5.41) is 14.4. The lowest BCUT2D eigenvalue weighted by Gasteiger charge is -2.21. The molecule has 2 atom stereocenters. The van der Waals surface area contributed by atoms with Gasteiger partial charge in [0.05, 0.1) is 18.5 Å². The highest BCUT2D eigenvalue weighted by molar-refractivity contribution is 5.75. The molecule has 0 aliphatic carbocycles. The predicted octanol–water partition coefficient (Wildman–Crippen LogP) is 1.02. The number of aryl methyl sites for hydroxylation is 1. The van der Waals surface area contributed by atoms with Gasteiger partial charge in [-0.15, -0.1) is 0 Å². The van der Waals surface area contributed by atoms with Crippen molar-refractivity contribution in [1.29, 1.82) is 0 Å². The molecule has 1 amide bonds. The molecular formula is C17H22N4O3. The third kappa shape index (κ3) is 4.11. The number of likely N-dealkylation sites (tertiary alicyclic amines) is 1. The number of aliphatic hydroxyl groups excluding tert-OH is 1. The van der Waals surface area contributed by atoms with Gasteiger partial charge in [-0.1, -0.05) is 0 Å². The summed E-state index contributed by atoms with van der Waals surface area (Å²) in [6, 6.07) is 3.61. The lowest BCUT2D eigenvalue weighted by molar-refractivity contribution is -0.132. The maximum Gasteiger partial charge on any atom is 0.244 e. The summed E-state index contributed by atoms with van der Waals surface area (Å²) < 4.78 is 7.47. The van der Waals surface area contributed by atoms with Crippen LogP contribution in [0.5, 0.6) is 5.75 Å². The first-order valence-corrected chi connectivity index (χ1v) is 8.13. The minimum atomic E-state index is -0.602. The Balaban J connectivity index is 1.58. The monoisotopic (exact) mass is 330 g/mol. The SMILES string of the molecule is Cc1cnn(CC(=O)N2CC[C@H](Oc3cccnc3)[C@@H](O)CC2)c1. The Morgan fingerprint density at radius 1 is 1.38 bits per heavy atom. The van der Waals surface area contributed by atoms with Crippen molar-refractivity contribution >= 4 is 5.91 Å². The molecule has 2 aromatic heterocycles. The Bertz CT molecular complexity index is 673. The lowest BCUT2D eigenvalue weighted by atomic mass is 10.1. The van der Waals surface area contributed by atoms with Crippen molar-refractivity contribution in [1.82, 2.24) is 19.7 Å². The maximum atomic E-state index is 12.4. The molecule has 3 rings (SSSR count). The van der Waals surface area contributed by atoms with Crippen LogP contribution < -0.4 is 4.74 Å². The van der Waals surface area contributed by atoms with Crippen molar-refractivity contribution < 1.29 is 14.6 Å². The summed E-state index contributed by atoms with van der Waals surface area (Å²) in [5.74, 6) is 0.640. The van der Waals surface area contributed by atoms with E-state index in [1.807, 2.05) is 19.2 Å². The normalized spacial score (nSPS) is 21.3. The van der Waals surface area contributed by atoms with Crippen LogP contribution in [0.4, 0.5) is 0 Å². The molecular weight excluding hydrogens is 308 g/mol. The molecule has 0 spiro atoms. The number of amides is 1. The highest BCUT2D eigenvalue weighted by Crippen LogP contribution is 2.19. The first-order chi connectivity index (χ1) is 11.6. The number of hydrogen-bond acceptors (Lipinski definition) is 5. The van der Waals surface area contributed by atoms with Crippen LogP contribution in [0.2, 0.25) is 0 Å². The van der Waals surface area contributed by atoms with Crippen LogP contribution in [0.15, 0.2) is 36.9 Å². The Kier molecular flexibility index (Phi) is 5.10. The number of ether oxygens (including phenoxy) is 1. The van der Waals surface area contributed by atoms with E-state index in [2.05, 4.69) is 10.1 Å². The number of aromatic nitrogens is 3. The van der Waals surface area contributed by atoms with E-state index in [1.54, 1.807) is 34.2 Å². The quantitative estimate of drug-likeness (QED) is 0.905. The Morgan fingerprint density at radius 2 is 2.21 bits per heavy atom. The third-order valence-electron chi connectivity index (χ3n) is 4.14. The molecule has 1 aliphatic heterocycles. The van der Waals surface area contributed by atoms with E-state index in [0.29, 0.717) is 31.7 Å². The van der Waals surface area contributed by atoms with Gasteiger partial charge in [0.1, 0.15) is 18.4 Å². The molecule has 1 saturated heterocycles. The average Bonchev–Trinajstić information content (AvgIpc) is 2.89. The van der Waals surface area contributed by atoms with E-state index in [1.165, 1.54) is 0 Å². The molecule has 0 saturated carbocycles. The van der Waals surface area contributed by atoms with E-state index < -0.39 is 6.10 Å². The fourth-order valence-corrected chi connectivity index (χ4v) is 2.83. The highest BCUT2D eigenvalue weighted by Gasteiger charge is 2.28. The zero-order chi connectivity index (χ0) is 16.9. The number of carbonyl (C=O) groups is 1. The van der Waals surface area contributed by atoms with Crippen molar-refractivity contribution in [3.8, 4) is 5.75 Å². The second-order valence-electron chi connectivity index (χ2n) is 6.09. The zero-order valence-corrected chi connectivity index (χ0v) is 13.7. The van der Waals surface area contributed by atoms with Crippen molar-refractivity contribution in [2.24, 2.45) is 0 Å². The first kappa shape index (κ1) is 16.4. The molecule has 0 aromatic carbocycles. The molecule has 0 radical (unpaired) electrons. The molecule has 1 fully saturated rings. The highest BCUT2D eigenvalue weighted by atomic mass is 16.5. The van der Waals surface area contributed by atoms with Gasteiger partial charge in [0.2, 0.25) is 5.91 Å². The summed E-state index contributed by atoms with van der Waals surface area (Å²) >= 11 is 0. The maximum absolute atomic E-state index is 12.4. The van der Waals surface area contributed by atoms with Gasteiger partial charge in [0.25, 0.3) is 0 Å². The molecule has 3 heterocycles. The smallest absolute Gasteiger partial charge is 0.244 e. The van der Waals surface area contributed by atoms with Gasteiger partial charge < -0.3 is 14.7 Å². The minimum Gasteiger partial charge on any atom is -0.486 e. The van der Waals surface area contributed by atoms with E-state index in [4.69, 9.17) is 4.74 Å². The lowest BCUT2D eigenvalue weighted by Crippen LogP contribution is -2.35. The van der Waals surface area contributed by atoms with Crippen LogP contribution in [0, 0.1) is 6.92 Å². The van der Waals surface area contributed by atoms with Crippen molar-refractivity contribution in [3.63, 3.8) is 0 Å². The first-order valence-electron chi connectivity index (χ1n) is 8.13. The van der Waals surface area contributed by atoms with Gasteiger partial charge in [-0.25, -0.2) is 0 Å². The molecule has 128 valence electrons. The van der Waals surface area contributed by atoms with E-state index in [9.17, 15) is 9.90 Å². The van der Waals surface area contributed by atoms with Crippen LogP contribution in [0.25, 0.3) is 0 Å². The average molecular weight is 330 g/mol. The summed E-state index contributed by atoms with van der Waals surface area (Å²) in [6.45, 7) is 3.24. The fraction of sp³-hybridized carbons (Fsp3) is 0.471. The van der Waals surface area contributed by atoms with Crippen LogP contribution in [0.3, 0.4) is 0 Å². The molecule has 2 aromatic rings. The Labute approximate surface area is 140 Å². The van der Waals surface area contributed by atoms with Gasteiger partial charge in [0.15, 0.2) is 0 Å². The van der Waals surface area contributed by atoms with Gasteiger partial charge in [-0.05, 0) is 31.0 Å². The number of hydrogen-bond donors (Lipinski definition) is 1. The number of rotatable bonds is 4. The van der Waals surface area contributed by atoms with Gasteiger partial charge in [-0.3, -0.25) is 14.5 Å². The topological polar surface area (TPSA) is 80.5 Å². The van der Waals surface area contributed by atoms with E-state index >= 15 is 0 Å². The van der Waals surface area contributed by atoms with Crippen LogP contribution in [-0.4, -0.2) is 56.0 Å². The summed E-state index contributed by atoms with van der Waals surface area (Å²) in [5.41, 5.74) is 1.03. The molecule has 1 N–H and O–H groups in total. The molecule has 7 heteroatoms. The second kappa shape index (κ2) is 7.44. The summed E-state index contributed by atoms with van der Waals surface area (Å²) in [4.78, 5) is 18.2. The molecule has 24 heavy (non-hydrogen) atoms. The number of nitrogens with zero attached hydrogens (tertiary/aromatic N) is 4. The van der Waals surface area contributed by atoms with Crippen LogP contribution in [0.1, 0.15) is 18.4 Å². The van der Waals surface area contributed by atoms with Gasteiger partial charge >= 0.3 is 0 Å². The molecule has 1 aliphatic rings. The summed E-state index contributed by atoms with van der Waals surface area (Å²) in [7, 11) is 0. The zero-order valence-electron chi connectivity index (χ0n) is 13.7. The molecule has 0 unspecified atom stereocenters. The van der Waals surface area contributed by atoms with Crippen LogP contribution >= 0.6 is 0 Å². The van der Waals surface area contributed by atoms with Crippen molar-refractivity contribution in [2.45, 2.75) is 38.5 Å².